The van der Waals surface area contributed by atoms with Crippen LogP contribution in [0.2, 0.25) is 0 Å². The largest absolute Gasteiger partial charge is 0.479 e. The number of carbonyl (C=O) groups excluding carboxylic acids is 2. The Morgan fingerprint density at radius 1 is 1.19 bits per heavy atom. The lowest BCUT2D eigenvalue weighted by Gasteiger charge is -2.23. The monoisotopic (exact) mass is 368 g/mol. The summed E-state index contributed by atoms with van der Waals surface area (Å²) in [5, 5.41) is 5.60. The van der Waals surface area contributed by atoms with Crippen LogP contribution < -0.4 is 15.4 Å². The maximum absolute atomic E-state index is 12.1. The van der Waals surface area contributed by atoms with Crippen molar-refractivity contribution in [3.05, 3.63) is 54.1 Å². The van der Waals surface area contributed by atoms with Crippen LogP contribution >= 0.6 is 0 Å². The highest BCUT2D eigenvalue weighted by Gasteiger charge is 2.23. The molecule has 0 bridgehead atoms. The minimum Gasteiger partial charge on any atom is -0.479 e. The summed E-state index contributed by atoms with van der Waals surface area (Å²) in [4.78, 5) is 23.7. The van der Waals surface area contributed by atoms with Crippen LogP contribution in [0.1, 0.15) is 25.3 Å². The fourth-order valence-corrected chi connectivity index (χ4v) is 2.78. The van der Waals surface area contributed by atoms with Gasteiger partial charge in [-0.25, -0.2) is 0 Å². The van der Waals surface area contributed by atoms with E-state index in [2.05, 4.69) is 22.8 Å². The molecule has 0 saturated carbocycles. The molecule has 0 aromatic heterocycles. The van der Waals surface area contributed by atoms with E-state index in [4.69, 9.17) is 9.47 Å². The molecule has 27 heavy (non-hydrogen) atoms. The van der Waals surface area contributed by atoms with E-state index in [1.807, 2.05) is 18.2 Å². The molecule has 1 aliphatic rings. The molecule has 6 nitrogen and oxygen atoms in total. The van der Waals surface area contributed by atoms with Crippen LogP contribution in [0.25, 0.3) is 0 Å². The van der Waals surface area contributed by atoms with E-state index < -0.39 is 6.10 Å². The van der Waals surface area contributed by atoms with Crippen molar-refractivity contribution in [1.82, 2.24) is 0 Å². The molecular weight excluding hydrogens is 344 g/mol. The van der Waals surface area contributed by atoms with Crippen LogP contribution in [0, 0.1) is 0 Å². The summed E-state index contributed by atoms with van der Waals surface area (Å²) in [6.45, 7) is 2.89. The smallest absolute Gasteiger partial charge is 0.265 e. The summed E-state index contributed by atoms with van der Waals surface area (Å²) in [5.41, 5.74) is 2.44. The van der Waals surface area contributed by atoms with Crippen LogP contribution in [0.15, 0.2) is 48.5 Å². The highest BCUT2D eigenvalue weighted by Crippen LogP contribution is 2.32. The number of rotatable bonds is 8. The van der Waals surface area contributed by atoms with Gasteiger partial charge in [0.2, 0.25) is 5.91 Å². The van der Waals surface area contributed by atoms with Gasteiger partial charge in [-0.15, -0.1) is 0 Å². The topological polar surface area (TPSA) is 76.7 Å². The van der Waals surface area contributed by atoms with Crippen LogP contribution in [0.3, 0.4) is 0 Å². The molecule has 0 radical (unpaired) electrons. The highest BCUT2D eigenvalue weighted by atomic mass is 16.5. The standard InChI is InChI=1S/C21H24N2O4/c1-15-21(25)23-18-14-17(9-10-19(18)27-15)22-20(24)8-5-12-26-13-11-16-6-3-2-4-7-16/h2-4,6-7,9-10,14-15H,5,8,11-13H2,1H3,(H,22,24)(H,23,25). The summed E-state index contributed by atoms with van der Waals surface area (Å²) in [7, 11) is 0. The summed E-state index contributed by atoms with van der Waals surface area (Å²) >= 11 is 0. The number of amides is 2. The van der Waals surface area contributed by atoms with E-state index in [0.29, 0.717) is 43.2 Å². The third kappa shape index (κ3) is 5.56. The molecule has 0 saturated heterocycles. The lowest BCUT2D eigenvalue weighted by atomic mass is 10.2. The van der Waals surface area contributed by atoms with E-state index in [0.717, 1.165) is 6.42 Å². The zero-order valence-corrected chi connectivity index (χ0v) is 15.4. The molecule has 142 valence electrons. The second kappa shape index (κ2) is 9.19. The maximum atomic E-state index is 12.1. The first kappa shape index (κ1) is 18.9. The molecule has 2 aromatic rings. The van der Waals surface area contributed by atoms with Crippen molar-refractivity contribution < 1.29 is 19.1 Å². The molecule has 2 amide bonds. The summed E-state index contributed by atoms with van der Waals surface area (Å²) in [6.07, 6.45) is 1.39. The van der Waals surface area contributed by atoms with Gasteiger partial charge in [0, 0.05) is 18.7 Å². The van der Waals surface area contributed by atoms with Gasteiger partial charge >= 0.3 is 0 Å². The van der Waals surface area contributed by atoms with Gasteiger partial charge in [-0.05, 0) is 43.5 Å². The Morgan fingerprint density at radius 2 is 2.00 bits per heavy atom. The fraction of sp³-hybridized carbons (Fsp3) is 0.333. The number of hydrogen-bond acceptors (Lipinski definition) is 4. The van der Waals surface area contributed by atoms with Crippen LogP contribution in [0.4, 0.5) is 11.4 Å². The molecule has 0 spiro atoms. The Labute approximate surface area is 158 Å². The van der Waals surface area contributed by atoms with Crippen molar-refractivity contribution >= 4 is 23.2 Å². The van der Waals surface area contributed by atoms with E-state index in [1.165, 1.54) is 5.56 Å². The lowest BCUT2D eigenvalue weighted by molar-refractivity contribution is -0.122. The molecule has 1 unspecified atom stereocenters. The quantitative estimate of drug-likeness (QED) is 0.701. The van der Waals surface area contributed by atoms with Gasteiger partial charge in [0.15, 0.2) is 6.10 Å². The molecule has 2 aromatic carbocycles. The molecule has 2 N–H and O–H groups in total. The van der Waals surface area contributed by atoms with Gasteiger partial charge in [-0.2, -0.15) is 0 Å². The zero-order valence-electron chi connectivity index (χ0n) is 15.4. The van der Waals surface area contributed by atoms with E-state index in [1.54, 1.807) is 25.1 Å². The van der Waals surface area contributed by atoms with Gasteiger partial charge in [-0.3, -0.25) is 9.59 Å². The van der Waals surface area contributed by atoms with Crippen molar-refractivity contribution in [2.24, 2.45) is 0 Å². The first-order valence-electron chi connectivity index (χ1n) is 9.15. The molecule has 0 aliphatic carbocycles. The van der Waals surface area contributed by atoms with Gasteiger partial charge in [-0.1, -0.05) is 30.3 Å². The molecule has 1 heterocycles. The molecule has 6 heteroatoms. The Kier molecular flexibility index (Phi) is 6.44. The minimum absolute atomic E-state index is 0.0852. The van der Waals surface area contributed by atoms with E-state index in [9.17, 15) is 9.59 Å². The zero-order chi connectivity index (χ0) is 19.1. The first-order valence-corrected chi connectivity index (χ1v) is 9.15. The van der Waals surface area contributed by atoms with Crippen molar-refractivity contribution in [3.63, 3.8) is 0 Å². The summed E-state index contributed by atoms with van der Waals surface area (Å²) in [5.74, 6) is 0.323. The Balaban J connectivity index is 1.36. The number of ether oxygens (including phenoxy) is 2. The molecule has 3 rings (SSSR count). The number of anilines is 2. The average Bonchev–Trinajstić information content (AvgIpc) is 2.66. The first-order chi connectivity index (χ1) is 13.1. The summed E-state index contributed by atoms with van der Waals surface area (Å²) < 4.78 is 11.1. The van der Waals surface area contributed by atoms with Gasteiger partial charge < -0.3 is 20.1 Å². The van der Waals surface area contributed by atoms with Gasteiger partial charge in [0.1, 0.15) is 5.75 Å². The minimum atomic E-state index is -0.514. The lowest BCUT2D eigenvalue weighted by Crippen LogP contribution is -2.34. The normalized spacial score (nSPS) is 15.4. The van der Waals surface area contributed by atoms with Crippen molar-refractivity contribution in [2.45, 2.75) is 32.3 Å². The van der Waals surface area contributed by atoms with Crippen molar-refractivity contribution in [3.8, 4) is 5.75 Å². The average molecular weight is 368 g/mol. The van der Waals surface area contributed by atoms with Crippen LogP contribution in [-0.4, -0.2) is 31.1 Å². The van der Waals surface area contributed by atoms with Crippen LogP contribution in [0.5, 0.6) is 5.75 Å². The molecule has 1 aliphatic heterocycles. The van der Waals surface area contributed by atoms with Crippen molar-refractivity contribution in [1.29, 1.82) is 0 Å². The highest BCUT2D eigenvalue weighted by molar-refractivity contribution is 5.99. The fourth-order valence-electron chi connectivity index (χ4n) is 2.78. The predicted octanol–water partition coefficient (Wildman–Crippen LogP) is 3.38. The second-order valence-corrected chi connectivity index (χ2v) is 6.46. The number of fused-ring (bicyclic) bond motifs is 1. The maximum Gasteiger partial charge on any atom is 0.265 e. The number of benzene rings is 2. The number of carbonyl (C=O) groups is 2. The third-order valence-corrected chi connectivity index (χ3v) is 4.26. The third-order valence-electron chi connectivity index (χ3n) is 4.26. The van der Waals surface area contributed by atoms with E-state index >= 15 is 0 Å². The Hall–Kier alpha value is -2.86. The van der Waals surface area contributed by atoms with E-state index in [-0.39, 0.29) is 11.8 Å². The Morgan fingerprint density at radius 3 is 2.81 bits per heavy atom. The SMILES string of the molecule is CC1Oc2ccc(NC(=O)CCCOCCc3ccccc3)cc2NC1=O. The Bertz CT molecular complexity index is 792. The predicted molar refractivity (Wildman–Crippen MR) is 104 cm³/mol. The van der Waals surface area contributed by atoms with Gasteiger partial charge in [0.05, 0.1) is 12.3 Å². The van der Waals surface area contributed by atoms with Gasteiger partial charge in [0.25, 0.3) is 5.91 Å². The molecule has 0 fully saturated rings. The second-order valence-electron chi connectivity index (χ2n) is 6.46. The summed E-state index contributed by atoms with van der Waals surface area (Å²) in [6, 6.07) is 15.4. The van der Waals surface area contributed by atoms with Crippen LogP contribution in [-0.2, 0) is 20.7 Å². The number of hydrogen-bond donors (Lipinski definition) is 2. The van der Waals surface area contributed by atoms with Crippen molar-refractivity contribution in [2.75, 3.05) is 23.8 Å². The molecule has 1 atom stereocenters. The number of nitrogens with one attached hydrogen (secondary N) is 2. The molecular formula is C21H24N2O4.